The van der Waals surface area contributed by atoms with Gasteiger partial charge in [0.1, 0.15) is 5.69 Å². The highest BCUT2D eigenvalue weighted by Gasteiger charge is 2.06. The van der Waals surface area contributed by atoms with Crippen LogP contribution >= 0.6 is 0 Å². The van der Waals surface area contributed by atoms with Crippen LogP contribution in [0.4, 0.5) is 17.1 Å². The highest BCUT2D eigenvalue weighted by atomic mass is 15.2. The molecule has 104 valence electrons. The number of hydrogen-bond acceptors (Lipinski definition) is 3. The number of azo groups is 1. The van der Waals surface area contributed by atoms with E-state index in [1.54, 1.807) is 0 Å². The fraction of sp³-hybridized carbons (Fsp3) is 0.294. The standard InChI is InChI=1S/C17H21N3/c1-4-20(5-2)17-9-7-6-8-16(17)19-18-15-12-10-14(3)11-13-15/h6-13H,4-5H2,1-3H3/b19-18+. The molecule has 2 rings (SSSR count). The first kappa shape index (κ1) is 14.3. The lowest BCUT2D eigenvalue weighted by molar-refractivity contribution is 0.865. The van der Waals surface area contributed by atoms with E-state index >= 15 is 0 Å². The average Bonchev–Trinajstić information content (AvgIpc) is 2.49. The fourth-order valence-corrected chi connectivity index (χ4v) is 2.10. The van der Waals surface area contributed by atoms with Crippen LogP contribution in [0.3, 0.4) is 0 Å². The van der Waals surface area contributed by atoms with Gasteiger partial charge in [0.05, 0.1) is 11.4 Å². The maximum atomic E-state index is 4.41. The van der Waals surface area contributed by atoms with E-state index in [1.165, 1.54) is 5.56 Å². The smallest absolute Gasteiger partial charge is 0.109 e. The lowest BCUT2D eigenvalue weighted by Gasteiger charge is -2.22. The van der Waals surface area contributed by atoms with Crippen molar-refractivity contribution in [3.8, 4) is 0 Å². The predicted octanol–water partition coefficient (Wildman–Crippen LogP) is 5.26. The SMILES string of the molecule is CCN(CC)c1ccccc1/N=N/c1ccc(C)cc1. The Kier molecular flexibility index (Phi) is 4.88. The van der Waals surface area contributed by atoms with Crippen molar-refractivity contribution < 1.29 is 0 Å². The molecule has 0 bridgehead atoms. The number of anilines is 1. The van der Waals surface area contributed by atoms with Crippen molar-refractivity contribution in [1.82, 2.24) is 0 Å². The molecule has 2 aromatic carbocycles. The van der Waals surface area contributed by atoms with Crippen LogP contribution in [0.5, 0.6) is 0 Å². The van der Waals surface area contributed by atoms with Crippen LogP contribution in [0, 0.1) is 6.92 Å². The Hall–Kier alpha value is -2.16. The van der Waals surface area contributed by atoms with E-state index in [2.05, 4.69) is 42.0 Å². The summed E-state index contributed by atoms with van der Waals surface area (Å²) in [5.41, 5.74) is 4.16. The summed E-state index contributed by atoms with van der Waals surface area (Å²) in [6.07, 6.45) is 0. The zero-order valence-corrected chi connectivity index (χ0v) is 12.4. The van der Waals surface area contributed by atoms with Crippen LogP contribution in [0.15, 0.2) is 58.8 Å². The van der Waals surface area contributed by atoms with Crippen molar-refractivity contribution in [3.05, 3.63) is 54.1 Å². The number of nitrogens with zero attached hydrogens (tertiary/aromatic N) is 3. The first-order valence-electron chi connectivity index (χ1n) is 7.07. The van der Waals surface area contributed by atoms with Crippen LogP contribution in [0.2, 0.25) is 0 Å². The first-order chi connectivity index (χ1) is 9.74. The largest absolute Gasteiger partial charge is 0.370 e. The molecule has 3 heteroatoms. The number of benzene rings is 2. The summed E-state index contributed by atoms with van der Waals surface area (Å²) in [4.78, 5) is 2.28. The molecule has 0 radical (unpaired) electrons. The maximum absolute atomic E-state index is 4.41. The van der Waals surface area contributed by atoms with E-state index in [-0.39, 0.29) is 0 Å². The predicted molar refractivity (Wildman–Crippen MR) is 85.4 cm³/mol. The van der Waals surface area contributed by atoms with Crippen molar-refractivity contribution in [1.29, 1.82) is 0 Å². The number of rotatable bonds is 5. The van der Waals surface area contributed by atoms with Gasteiger partial charge >= 0.3 is 0 Å². The van der Waals surface area contributed by atoms with Gasteiger partial charge in [-0.15, -0.1) is 5.11 Å². The van der Waals surface area contributed by atoms with Gasteiger partial charge in [-0.25, -0.2) is 0 Å². The second-order valence-corrected chi connectivity index (χ2v) is 4.70. The van der Waals surface area contributed by atoms with Crippen LogP contribution in [-0.2, 0) is 0 Å². The van der Waals surface area contributed by atoms with Gasteiger partial charge in [-0.05, 0) is 45.0 Å². The lowest BCUT2D eigenvalue weighted by Crippen LogP contribution is -2.21. The molecular formula is C17H21N3. The van der Waals surface area contributed by atoms with Gasteiger partial charge in [0.25, 0.3) is 0 Å². The van der Waals surface area contributed by atoms with Crippen molar-refractivity contribution in [2.45, 2.75) is 20.8 Å². The third-order valence-electron chi connectivity index (χ3n) is 3.29. The van der Waals surface area contributed by atoms with Gasteiger partial charge in [-0.2, -0.15) is 5.11 Å². The normalized spacial score (nSPS) is 10.9. The van der Waals surface area contributed by atoms with Gasteiger partial charge < -0.3 is 4.90 Å². The van der Waals surface area contributed by atoms with Gasteiger partial charge in [0.15, 0.2) is 0 Å². The summed E-state index contributed by atoms with van der Waals surface area (Å²) in [5, 5.41) is 8.73. The van der Waals surface area contributed by atoms with E-state index < -0.39 is 0 Å². The van der Waals surface area contributed by atoms with E-state index in [0.29, 0.717) is 0 Å². The molecule has 0 aliphatic carbocycles. The fourth-order valence-electron chi connectivity index (χ4n) is 2.10. The Morgan fingerprint density at radius 3 is 2.15 bits per heavy atom. The Balaban J connectivity index is 2.27. The monoisotopic (exact) mass is 267 g/mol. The molecular weight excluding hydrogens is 246 g/mol. The van der Waals surface area contributed by atoms with Gasteiger partial charge in [-0.1, -0.05) is 29.8 Å². The van der Waals surface area contributed by atoms with Crippen molar-refractivity contribution in [3.63, 3.8) is 0 Å². The topological polar surface area (TPSA) is 28.0 Å². The highest BCUT2D eigenvalue weighted by molar-refractivity contribution is 5.66. The van der Waals surface area contributed by atoms with Crippen molar-refractivity contribution in [2.75, 3.05) is 18.0 Å². The molecule has 0 heterocycles. The molecule has 3 nitrogen and oxygen atoms in total. The molecule has 0 fully saturated rings. The van der Waals surface area contributed by atoms with Crippen LogP contribution in [0.25, 0.3) is 0 Å². The van der Waals surface area contributed by atoms with E-state index in [1.807, 2.05) is 42.5 Å². The number of aryl methyl sites for hydroxylation is 1. The number of para-hydroxylation sites is 1. The Bertz CT molecular complexity index is 569. The van der Waals surface area contributed by atoms with Crippen molar-refractivity contribution >= 4 is 17.1 Å². The zero-order valence-electron chi connectivity index (χ0n) is 12.4. The summed E-state index contributed by atoms with van der Waals surface area (Å²) in [7, 11) is 0. The molecule has 0 N–H and O–H groups in total. The van der Waals surface area contributed by atoms with Gasteiger partial charge in [0.2, 0.25) is 0 Å². The van der Waals surface area contributed by atoms with E-state index in [4.69, 9.17) is 0 Å². The first-order valence-corrected chi connectivity index (χ1v) is 7.07. The van der Waals surface area contributed by atoms with Crippen molar-refractivity contribution in [2.24, 2.45) is 10.2 Å². The quantitative estimate of drug-likeness (QED) is 0.679. The highest BCUT2D eigenvalue weighted by Crippen LogP contribution is 2.29. The molecule has 20 heavy (non-hydrogen) atoms. The molecule has 0 spiro atoms. The zero-order chi connectivity index (χ0) is 14.4. The maximum Gasteiger partial charge on any atom is 0.109 e. The summed E-state index contributed by atoms with van der Waals surface area (Å²) in [6.45, 7) is 8.30. The molecule has 0 atom stereocenters. The molecule has 0 aliphatic rings. The summed E-state index contributed by atoms with van der Waals surface area (Å²) in [6, 6.07) is 16.2. The third-order valence-corrected chi connectivity index (χ3v) is 3.29. The molecule has 0 aromatic heterocycles. The molecule has 0 unspecified atom stereocenters. The Morgan fingerprint density at radius 2 is 1.50 bits per heavy atom. The Morgan fingerprint density at radius 1 is 0.850 bits per heavy atom. The minimum Gasteiger partial charge on any atom is -0.370 e. The minimum atomic E-state index is 0.880. The second-order valence-electron chi connectivity index (χ2n) is 4.70. The Labute approximate surface area is 121 Å². The van der Waals surface area contributed by atoms with Gasteiger partial charge in [0, 0.05) is 13.1 Å². The van der Waals surface area contributed by atoms with Crippen LogP contribution in [0.1, 0.15) is 19.4 Å². The number of hydrogen-bond donors (Lipinski definition) is 0. The lowest BCUT2D eigenvalue weighted by atomic mass is 10.2. The molecule has 0 saturated heterocycles. The summed E-state index contributed by atoms with van der Waals surface area (Å²) in [5.74, 6) is 0. The molecule has 0 aliphatic heterocycles. The van der Waals surface area contributed by atoms with Crippen LogP contribution < -0.4 is 4.90 Å². The van der Waals surface area contributed by atoms with E-state index in [0.717, 1.165) is 30.2 Å². The third kappa shape index (κ3) is 3.44. The van der Waals surface area contributed by atoms with Gasteiger partial charge in [-0.3, -0.25) is 0 Å². The molecule has 0 saturated carbocycles. The molecule has 2 aromatic rings. The minimum absolute atomic E-state index is 0.880. The summed E-state index contributed by atoms with van der Waals surface area (Å²) < 4.78 is 0. The second kappa shape index (κ2) is 6.85. The average molecular weight is 267 g/mol. The van der Waals surface area contributed by atoms with E-state index in [9.17, 15) is 0 Å². The molecule has 0 amide bonds. The summed E-state index contributed by atoms with van der Waals surface area (Å²) >= 11 is 0. The van der Waals surface area contributed by atoms with Crippen LogP contribution in [-0.4, -0.2) is 13.1 Å².